The van der Waals surface area contributed by atoms with E-state index in [-0.39, 0.29) is 5.82 Å². The van der Waals surface area contributed by atoms with Crippen molar-refractivity contribution in [3.8, 4) is 11.1 Å². The van der Waals surface area contributed by atoms with Crippen molar-refractivity contribution in [3.63, 3.8) is 0 Å². The standard InChI is InChI=1S/C14H9FN2/c15-13-9-12(10-3-6-16-7-4-10)8-11-2-1-5-17-14(11)13/h1-9H. The van der Waals surface area contributed by atoms with Crippen molar-refractivity contribution in [2.24, 2.45) is 0 Å². The Balaban J connectivity index is 2.26. The van der Waals surface area contributed by atoms with Gasteiger partial charge in [-0.1, -0.05) is 6.07 Å². The Labute approximate surface area is 97.8 Å². The van der Waals surface area contributed by atoms with Crippen LogP contribution in [0.2, 0.25) is 0 Å². The molecule has 3 rings (SSSR count). The summed E-state index contributed by atoms with van der Waals surface area (Å²) in [6.07, 6.45) is 4.99. The number of halogens is 1. The molecular formula is C14H9FN2. The summed E-state index contributed by atoms with van der Waals surface area (Å²) in [6.45, 7) is 0. The Hall–Kier alpha value is -2.29. The minimum Gasteiger partial charge on any atom is -0.265 e. The van der Waals surface area contributed by atoms with Gasteiger partial charge >= 0.3 is 0 Å². The number of fused-ring (bicyclic) bond motifs is 1. The maximum atomic E-state index is 13.9. The van der Waals surface area contributed by atoms with Gasteiger partial charge in [0.2, 0.25) is 0 Å². The van der Waals surface area contributed by atoms with Crippen molar-refractivity contribution in [3.05, 3.63) is 60.8 Å². The molecule has 0 bridgehead atoms. The number of hydrogen-bond acceptors (Lipinski definition) is 2. The lowest BCUT2D eigenvalue weighted by Crippen LogP contribution is -1.86. The minimum absolute atomic E-state index is 0.296. The van der Waals surface area contributed by atoms with Crippen LogP contribution in [0, 0.1) is 5.82 Å². The molecule has 0 aliphatic heterocycles. The summed E-state index contributed by atoms with van der Waals surface area (Å²) < 4.78 is 13.9. The van der Waals surface area contributed by atoms with Gasteiger partial charge in [0.15, 0.2) is 0 Å². The van der Waals surface area contributed by atoms with Crippen LogP contribution in [0.3, 0.4) is 0 Å². The van der Waals surface area contributed by atoms with Crippen LogP contribution in [0.4, 0.5) is 4.39 Å². The van der Waals surface area contributed by atoms with Crippen molar-refractivity contribution in [2.75, 3.05) is 0 Å². The Morgan fingerprint density at radius 2 is 1.71 bits per heavy atom. The molecule has 1 aromatic carbocycles. The average Bonchev–Trinajstić information content (AvgIpc) is 2.40. The van der Waals surface area contributed by atoms with Crippen LogP contribution in [-0.2, 0) is 0 Å². The summed E-state index contributed by atoms with van der Waals surface area (Å²) >= 11 is 0. The van der Waals surface area contributed by atoms with Gasteiger partial charge in [0, 0.05) is 24.0 Å². The number of nitrogens with zero attached hydrogens (tertiary/aromatic N) is 2. The van der Waals surface area contributed by atoms with Crippen LogP contribution in [0.15, 0.2) is 55.0 Å². The van der Waals surface area contributed by atoms with E-state index in [0.29, 0.717) is 5.52 Å². The maximum absolute atomic E-state index is 13.9. The van der Waals surface area contributed by atoms with Crippen LogP contribution in [0.5, 0.6) is 0 Å². The van der Waals surface area contributed by atoms with Gasteiger partial charge in [-0.25, -0.2) is 4.39 Å². The molecule has 0 radical (unpaired) electrons. The first kappa shape index (κ1) is 9.90. The van der Waals surface area contributed by atoms with E-state index in [2.05, 4.69) is 9.97 Å². The molecule has 0 atom stereocenters. The zero-order valence-electron chi connectivity index (χ0n) is 8.97. The molecule has 0 spiro atoms. The molecule has 0 N–H and O–H groups in total. The van der Waals surface area contributed by atoms with E-state index < -0.39 is 0 Å². The highest BCUT2D eigenvalue weighted by atomic mass is 19.1. The number of pyridine rings is 2. The Bertz CT molecular complexity index is 665. The molecule has 2 aromatic heterocycles. The highest BCUT2D eigenvalue weighted by Crippen LogP contribution is 2.25. The zero-order chi connectivity index (χ0) is 11.7. The molecule has 3 heteroatoms. The summed E-state index contributed by atoms with van der Waals surface area (Å²) in [5, 5.41) is 0.805. The van der Waals surface area contributed by atoms with E-state index in [1.807, 2.05) is 24.3 Å². The quantitative estimate of drug-likeness (QED) is 0.632. The third kappa shape index (κ3) is 1.76. The Morgan fingerprint density at radius 3 is 2.53 bits per heavy atom. The monoisotopic (exact) mass is 224 g/mol. The number of rotatable bonds is 1. The van der Waals surface area contributed by atoms with Gasteiger partial charge in [0.1, 0.15) is 11.3 Å². The predicted molar refractivity (Wildman–Crippen MR) is 64.9 cm³/mol. The Kier molecular flexibility index (Phi) is 2.29. The number of hydrogen-bond donors (Lipinski definition) is 0. The van der Waals surface area contributed by atoms with Gasteiger partial charge in [-0.2, -0.15) is 0 Å². The highest BCUT2D eigenvalue weighted by Gasteiger charge is 2.05. The minimum atomic E-state index is -0.296. The van der Waals surface area contributed by atoms with Gasteiger partial charge in [-0.15, -0.1) is 0 Å². The van der Waals surface area contributed by atoms with E-state index in [1.54, 1.807) is 24.7 Å². The van der Waals surface area contributed by atoms with Crippen LogP contribution >= 0.6 is 0 Å². The predicted octanol–water partition coefficient (Wildman–Crippen LogP) is 3.44. The van der Waals surface area contributed by atoms with E-state index in [4.69, 9.17) is 0 Å². The molecule has 0 saturated heterocycles. The normalized spacial score (nSPS) is 10.6. The highest BCUT2D eigenvalue weighted by molar-refractivity contribution is 5.84. The van der Waals surface area contributed by atoms with Gasteiger partial charge in [0.25, 0.3) is 0 Å². The molecule has 82 valence electrons. The molecule has 0 unspecified atom stereocenters. The first-order valence-electron chi connectivity index (χ1n) is 5.29. The van der Waals surface area contributed by atoms with Crippen molar-refractivity contribution >= 4 is 10.9 Å². The van der Waals surface area contributed by atoms with Crippen molar-refractivity contribution in [1.82, 2.24) is 9.97 Å². The second-order valence-electron chi connectivity index (χ2n) is 3.77. The molecule has 0 aliphatic carbocycles. The van der Waals surface area contributed by atoms with Gasteiger partial charge in [0.05, 0.1) is 0 Å². The molecule has 0 aliphatic rings. The molecule has 0 amide bonds. The fraction of sp³-hybridized carbons (Fsp3) is 0. The van der Waals surface area contributed by atoms with Crippen molar-refractivity contribution in [1.29, 1.82) is 0 Å². The van der Waals surface area contributed by atoms with E-state index in [1.165, 1.54) is 6.07 Å². The smallest absolute Gasteiger partial charge is 0.150 e. The fourth-order valence-electron chi connectivity index (χ4n) is 1.86. The van der Waals surface area contributed by atoms with Gasteiger partial charge < -0.3 is 0 Å². The van der Waals surface area contributed by atoms with Crippen LogP contribution in [0.25, 0.3) is 22.0 Å². The van der Waals surface area contributed by atoms with Crippen LogP contribution in [-0.4, -0.2) is 9.97 Å². The van der Waals surface area contributed by atoms with Gasteiger partial charge in [-0.3, -0.25) is 9.97 Å². The summed E-state index contributed by atoms with van der Waals surface area (Å²) in [5.74, 6) is -0.296. The molecule has 17 heavy (non-hydrogen) atoms. The van der Waals surface area contributed by atoms with Crippen LogP contribution < -0.4 is 0 Å². The van der Waals surface area contributed by atoms with E-state index >= 15 is 0 Å². The molecule has 2 heterocycles. The third-order valence-electron chi connectivity index (χ3n) is 2.67. The lowest BCUT2D eigenvalue weighted by molar-refractivity contribution is 0.637. The number of aromatic nitrogens is 2. The van der Waals surface area contributed by atoms with Crippen LogP contribution in [0.1, 0.15) is 0 Å². The van der Waals surface area contributed by atoms with Gasteiger partial charge in [-0.05, 0) is 41.5 Å². The summed E-state index contributed by atoms with van der Waals surface area (Å²) in [6, 6.07) is 10.8. The third-order valence-corrected chi connectivity index (χ3v) is 2.67. The summed E-state index contributed by atoms with van der Waals surface area (Å²) in [5.41, 5.74) is 2.19. The lowest BCUT2D eigenvalue weighted by atomic mass is 10.0. The summed E-state index contributed by atoms with van der Waals surface area (Å²) in [7, 11) is 0. The second kappa shape index (κ2) is 3.94. The SMILES string of the molecule is Fc1cc(-c2ccncc2)cc2cccnc12. The fourth-order valence-corrected chi connectivity index (χ4v) is 1.86. The second-order valence-corrected chi connectivity index (χ2v) is 3.77. The topological polar surface area (TPSA) is 25.8 Å². The lowest BCUT2D eigenvalue weighted by Gasteiger charge is -2.04. The molecule has 2 nitrogen and oxygen atoms in total. The largest absolute Gasteiger partial charge is 0.265 e. The first-order valence-corrected chi connectivity index (χ1v) is 5.29. The van der Waals surface area contributed by atoms with E-state index in [0.717, 1.165) is 16.5 Å². The molecule has 0 saturated carbocycles. The maximum Gasteiger partial charge on any atom is 0.150 e. The van der Waals surface area contributed by atoms with Crippen molar-refractivity contribution < 1.29 is 4.39 Å². The molecular weight excluding hydrogens is 215 g/mol. The zero-order valence-corrected chi connectivity index (χ0v) is 8.97. The molecule has 0 fully saturated rings. The molecule has 3 aromatic rings. The summed E-state index contributed by atoms with van der Waals surface area (Å²) in [4.78, 5) is 7.98. The first-order chi connectivity index (χ1) is 8.34. The average molecular weight is 224 g/mol. The van der Waals surface area contributed by atoms with Crippen molar-refractivity contribution in [2.45, 2.75) is 0 Å². The number of benzene rings is 1. The van der Waals surface area contributed by atoms with E-state index in [9.17, 15) is 4.39 Å². The Morgan fingerprint density at radius 1 is 0.882 bits per heavy atom.